The van der Waals surface area contributed by atoms with E-state index < -0.39 is 16.4 Å². The molecule has 0 amide bonds. The van der Waals surface area contributed by atoms with Crippen LogP contribution in [0.2, 0.25) is 0 Å². The van der Waals surface area contributed by atoms with Crippen LogP contribution < -0.4 is 0 Å². The fourth-order valence-electron chi connectivity index (χ4n) is 2.25. The Kier molecular flexibility index (Phi) is 4.42. The van der Waals surface area contributed by atoms with E-state index >= 15 is 0 Å². The van der Waals surface area contributed by atoms with Crippen molar-refractivity contribution in [2.24, 2.45) is 0 Å². The van der Waals surface area contributed by atoms with E-state index in [-0.39, 0.29) is 0 Å². The second-order valence-electron chi connectivity index (χ2n) is 4.83. The van der Waals surface area contributed by atoms with Crippen LogP contribution in [0.4, 0.5) is 10.1 Å². The van der Waals surface area contributed by atoms with Gasteiger partial charge in [0.05, 0.1) is 4.92 Å². The SMILES string of the molecule is CC1SCCN(Cc2ccc([N+](=O)[O-])c(F)c2)C1C. The Morgan fingerprint density at radius 3 is 2.89 bits per heavy atom. The first-order valence-corrected chi connectivity index (χ1v) is 7.32. The fraction of sp³-hybridized carbons (Fsp3) is 0.538. The standard InChI is InChI=1S/C13H17FN2O2S/c1-9-10(2)19-6-5-15(9)8-11-3-4-13(16(17)18)12(14)7-11/h3-4,7,9-10H,5-6,8H2,1-2H3. The van der Waals surface area contributed by atoms with Crippen LogP contribution in [0.5, 0.6) is 0 Å². The zero-order chi connectivity index (χ0) is 14.0. The maximum atomic E-state index is 13.6. The van der Waals surface area contributed by atoms with E-state index in [0.29, 0.717) is 17.8 Å². The Labute approximate surface area is 116 Å². The maximum absolute atomic E-state index is 13.6. The normalized spacial score (nSPS) is 24.4. The van der Waals surface area contributed by atoms with Gasteiger partial charge in [-0.25, -0.2) is 0 Å². The molecule has 2 rings (SSSR count). The predicted molar refractivity (Wildman–Crippen MR) is 74.8 cm³/mol. The summed E-state index contributed by atoms with van der Waals surface area (Å²) < 4.78 is 13.6. The zero-order valence-electron chi connectivity index (χ0n) is 11.0. The summed E-state index contributed by atoms with van der Waals surface area (Å²) in [6.45, 7) is 5.96. The number of nitro groups is 1. The van der Waals surface area contributed by atoms with Crippen molar-refractivity contribution in [1.82, 2.24) is 4.90 Å². The third-order valence-corrected chi connectivity index (χ3v) is 4.95. The number of halogens is 1. The molecule has 1 saturated heterocycles. The van der Waals surface area contributed by atoms with Crippen LogP contribution in [0.3, 0.4) is 0 Å². The minimum absolute atomic E-state index is 0.428. The second kappa shape index (κ2) is 5.88. The molecule has 1 aromatic rings. The van der Waals surface area contributed by atoms with Gasteiger partial charge in [0, 0.05) is 36.2 Å². The van der Waals surface area contributed by atoms with Crippen molar-refractivity contribution in [1.29, 1.82) is 0 Å². The average Bonchev–Trinajstić information content (AvgIpc) is 2.34. The van der Waals surface area contributed by atoms with E-state index in [2.05, 4.69) is 18.7 Å². The highest BCUT2D eigenvalue weighted by Crippen LogP contribution is 2.26. The van der Waals surface area contributed by atoms with Gasteiger partial charge in [0.1, 0.15) is 0 Å². The van der Waals surface area contributed by atoms with Crippen molar-refractivity contribution in [3.05, 3.63) is 39.7 Å². The molecular weight excluding hydrogens is 267 g/mol. The van der Waals surface area contributed by atoms with Gasteiger partial charge in [0.25, 0.3) is 0 Å². The molecule has 0 aliphatic carbocycles. The number of hydrogen-bond donors (Lipinski definition) is 0. The number of rotatable bonds is 3. The van der Waals surface area contributed by atoms with E-state index in [1.54, 1.807) is 6.07 Å². The van der Waals surface area contributed by atoms with Gasteiger partial charge in [-0.15, -0.1) is 0 Å². The van der Waals surface area contributed by atoms with Gasteiger partial charge in [-0.1, -0.05) is 13.0 Å². The van der Waals surface area contributed by atoms with Crippen LogP contribution in [0.15, 0.2) is 18.2 Å². The van der Waals surface area contributed by atoms with Crippen LogP contribution in [0.25, 0.3) is 0 Å². The summed E-state index contributed by atoms with van der Waals surface area (Å²) in [4.78, 5) is 12.2. The molecule has 2 atom stereocenters. The molecule has 1 aliphatic heterocycles. The Bertz CT molecular complexity index is 484. The summed E-state index contributed by atoms with van der Waals surface area (Å²) in [5.74, 6) is 0.315. The lowest BCUT2D eigenvalue weighted by Gasteiger charge is -2.37. The third kappa shape index (κ3) is 3.25. The number of nitro benzene ring substituents is 1. The van der Waals surface area contributed by atoms with Crippen molar-refractivity contribution < 1.29 is 9.31 Å². The van der Waals surface area contributed by atoms with Gasteiger partial charge >= 0.3 is 5.69 Å². The van der Waals surface area contributed by atoms with Crippen LogP contribution in [0.1, 0.15) is 19.4 Å². The number of thioether (sulfide) groups is 1. The Morgan fingerprint density at radius 1 is 1.53 bits per heavy atom. The first kappa shape index (κ1) is 14.3. The van der Waals surface area contributed by atoms with Gasteiger partial charge in [-0.2, -0.15) is 16.2 Å². The molecule has 0 radical (unpaired) electrons. The maximum Gasteiger partial charge on any atom is 0.304 e. The predicted octanol–water partition coefficient (Wildman–Crippen LogP) is 3.06. The lowest BCUT2D eigenvalue weighted by molar-refractivity contribution is -0.387. The van der Waals surface area contributed by atoms with Gasteiger partial charge < -0.3 is 0 Å². The molecule has 4 nitrogen and oxygen atoms in total. The van der Waals surface area contributed by atoms with Crippen molar-refractivity contribution in [2.45, 2.75) is 31.7 Å². The van der Waals surface area contributed by atoms with Crippen molar-refractivity contribution in [3.8, 4) is 0 Å². The number of hydrogen-bond acceptors (Lipinski definition) is 4. The highest BCUT2D eigenvalue weighted by Gasteiger charge is 2.25. The monoisotopic (exact) mass is 284 g/mol. The highest BCUT2D eigenvalue weighted by molar-refractivity contribution is 8.00. The molecule has 1 heterocycles. The van der Waals surface area contributed by atoms with Crippen molar-refractivity contribution in [2.75, 3.05) is 12.3 Å². The Hall–Kier alpha value is -1.14. The first-order valence-electron chi connectivity index (χ1n) is 6.27. The Balaban J connectivity index is 2.11. The number of benzene rings is 1. The fourth-order valence-corrected chi connectivity index (χ4v) is 3.41. The lowest BCUT2D eigenvalue weighted by Crippen LogP contribution is -2.43. The summed E-state index contributed by atoms with van der Waals surface area (Å²) in [7, 11) is 0. The summed E-state index contributed by atoms with van der Waals surface area (Å²) in [5, 5.41) is 11.1. The molecule has 19 heavy (non-hydrogen) atoms. The molecule has 1 fully saturated rings. The minimum atomic E-state index is -0.755. The van der Waals surface area contributed by atoms with E-state index in [1.165, 1.54) is 12.1 Å². The first-order chi connectivity index (χ1) is 8.99. The van der Waals surface area contributed by atoms with Gasteiger partial charge in [-0.3, -0.25) is 15.0 Å². The highest BCUT2D eigenvalue weighted by atomic mass is 32.2. The molecular formula is C13H17FN2O2S. The Morgan fingerprint density at radius 2 is 2.26 bits per heavy atom. The smallest absolute Gasteiger partial charge is 0.295 e. The van der Waals surface area contributed by atoms with Crippen molar-refractivity contribution >= 4 is 17.4 Å². The molecule has 0 bridgehead atoms. The topological polar surface area (TPSA) is 46.4 Å². The van der Waals surface area contributed by atoms with Crippen LogP contribution in [0, 0.1) is 15.9 Å². The molecule has 2 unspecified atom stereocenters. The zero-order valence-corrected chi connectivity index (χ0v) is 11.8. The molecule has 0 N–H and O–H groups in total. The molecule has 0 aromatic heterocycles. The van der Waals surface area contributed by atoms with Crippen LogP contribution >= 0.6 is 11.8 Å². The number of nitrogens with zero attached hydrogens (tertiary/aromatic N) is 2. The molecule has 6 heteroatoms. The largest absolute Gasteiger partial charge is 0.304 e. The van der Waals surface area contributed by atoms with Crippen LogP contribution in [-0.4, -0.2) is 33.4 Å². The molecule has 0 spiro atoms. The molecule has 1 aromatic carbocycles. The summed E-state index contributed by atoms with van der Waals surface area (Å²) in [5.41, 5.74) is 0.327. The lowest BCUT2D eigenvalue weighted by atomic mass is 10.1. The van der Waals surface area contributed by atoms with Gasteiger partial charge in [-0.05, 0) is 18.6 Å². The summed E-state index contributed by atoms with van der Waals surface area (Å²) in [6, 6.07) is 4.59. The van der Waals surface area contributed by atoms with E-state index in [4.69, 9.17) is 0 Å². The van der Waals surface area contributed by atoms with E-state index in [9.17, 15) is 14.5 Å². The van der Waals surface area contributed by atoms with E-state index in [1.807, 2.05) is 11.8 Å². The summed E-state index contributed by atoms with van der Waals surface area (Å²) in [6.07, 6.45) is 0. The quantitative estimate of drug-likeness (QED) is 0.632. The third-order valence-electron chi connectivity index (χ3n) is 3.61. The molecule has 104 valence electrons. The van der Waals surface area contributed by atoms with Crippen molar-refractivity contribution in [3.63, 3.8) is 0 Å². The molecule has 1 aliphatic rings. The van der Waals surface area contributed by atoms with E-state index in [0.717, 1.165) is 17.9 Å². The van der Waals surface area contributed by atoms with Gasteiger partial charge in [0.2, 0.25) is 5.82 Å². The minimum Gasteiger partial charge on any atom is -0.295 e. The van der Waals surface area contributed by atoms with Gasteiger partial charge in [0.15, 0.2) is 0 Å². The second-order valence-corrected chi connectivity index (χ2v) is 6.32. The molecule has 0 saturated carbocycles. The average molecular weight is 284 g/mol. The van der Waals surface area contributed by atoms with Crippen LogP contribution in [-0.2, 0) is 6.54 Å². The summed E-state index contributed by atoms with van der Waals surface area (Å²) >= 11 is 1.94.